The van der Waals surface area contributed by atoms with Gasteiger partial charge in [-0.05, 0) is 41.8 Å². The SMILES string of the molecule is CC(=O)OCC1=C(C(=O)O)N2C(=O)C(N(Cc3ccc(-c4ccc(NC(=O)[C@@H]5CCC(=O)N5)cc4)[nH]c3=O)C(=O)C(N)c3ccccc3)[C@@H]2SC1. The van der Waals surface area contributed by atoms with Gasteiger partial charge in [-0.3, -0.25) is 33.7 Å². The normalized spacial score (nSPS) is 20.1. The third-order valence-corrected chi connectivity index (χ3v) is 10.1. The van der Waals surface area contributed by atoms with Crippen molar-refractivity contribution in [3.8, 4) is 11.3 Å². The zero-order valence-corrected chi connectivity index (χ0v) is 28.1. The molecule has 264 valence electrons. The molecule has 4 atom stereocenters. The molecule has 2 unspecified atom stereocenters. The summed E-state index contributed by atoms with van der Waals surface area (Å²) in [7, 11) is 0. The number of aromatic amines is 1. The molecule has 2 fully saturated rings. The topological polar surface area (TPSA) is 221 Å². The Morgan fingerprint density at radius 3 is 2.41 bits per heavy atom. The molecule has 16 heteroatoms. The molecule has 3 aliphatic heterocycles. The van der Waals surface area contributed by atoms with Gasteiger partial charge < -0.3 is 36.1 Å². The zero-order valence-electron chi connectivity index (χ0n) is 27.3. The third kappa shape index (κ3) is 7.27. The Labute approximate surface area is 295 Å². The number of amides is 4. The summed E-state index contributed by atoms with van der Waals surface area (Å²) >= 11 is 1.21. The van der Waals surface area contributed by atoms with Gasteiger partial charge in [0.1, 0.15) is 35.8 Å². The number of carbonyl (C=O) groups is 6. The van der Waals surface area contributed by atoms with Crippen LogP contribution in [0.2, 0.25) is 0 Å². The number of β-lactam (4-membered cyclic amide) rings is 1. The number of pyridine rings is 1. The number of aliphatic carboxylic acids is 1. The van der Waals surface area contributed by atoms with Crippen molar-refractivity contribution < 1.29 is 38.6 Å². The van der Waals surface area contributed by atoms with Gasteiger partial charge in [-0.25, -0.2) is 4.79 Å². The average molecular weight is 715 g/mol. The van der Waals surface area contributed by atoms with Crippen LogP contribution in [0, 0.1) is 0 Å². The molecule has 0 spiro atoms. The van der Waals surface area contributed by atoms with Crippen LogP contribution in [0.1, 0.15) is 36.9 Å². The number of hydrogen-bond acceptors (Lipinski definition) is 10. The van der Waals surface area contributed by atoms with Crippen molar-refractivity contribution in [1.82, 2.24) is 20.1 Å². The lowest BCUT2D eigenvalue weighted by molar-refractivity contribution is -0.161. The van der Waals surface area contributed by atoms with Gasteiger partial charge in [-0.15, -0.1) is 11.8 Å². The van der Waals surface area contributed by atoms with Crippen molar-refractivity contribution in [2.75, 3.05) is 17.7 Å². The van der Waals surface area contributed by atoms with Gasteiger partial charge in [0.25, 0.3) is 11.5 Å². The maximum absolute atomic E-state index is 14.0. The number of H-pyrrole nitrogens is 1. The Hall–Kier alpha value is -5.74. The van der Waals surface area contributed by atoms with E-state index in [1.54, 1.807) is 60.7 Å². The Kier molecular flexibility index (Phi) is 10.1. The molecule has 4 heterocycles. The van der Waals surface area contributed by atoms with Crippen molar-refractivity contribution >= 4 is 53.0 Å². The van der Waals surface area contributed by atoms with E-state index in [2.05, 4.69) is 15.6 Å². The number of ether oxygens (including phenoxy) is 1. The zero-order chi connectivity index (χ0) is 36.4. The molecule has 0 bridgehead atoms. The van der Waals surface area contributed by atoms with Gasteiger partial charge in [0, 0.05) is 41.6 Å². The number of nitrogens with one attached hydrogen (secondary N) is 3. The molecule has 1 aromatic heterocycles. The molecule has 2 saturated heterocycles. The number of esters is 1. The highest BCUT2D eigenvalue weighted by atomic mass is 32.2. The van der Waals surface area contributed by atoms with Crippen LogP contribution in [-0.2, 0) is 40.0 Å². The summed E-state index contributed by atoms with van der Waals surface area (Å²) < 4.78 is 5.01. The molecular formula is C35H34N6O9S. The van der Waals surface area contributed by atoms with E-state index in [0.717, 1.165) is 4.90 Å². The second-order valence-corrected chi connectivity index (χ2v) is 13.3. The van der Waals surface area contributed by atoms with Crippen LogP contribution in [0.3, 0.4) is 0 Å². The molecule has 0 saturated carbocycles. The van der Waals surface area contributed by atoms with Crippen molar-refractivity contribution in [2.45, 2.75) is 49.8 Å². The van der Waals surface area contributed by atoms with Crippen LogP contribution >= 0.6 is 11.8 Å². The minimum atomic E-state index is -1.38. The van der Waals surface area contributed by atoms with E-state index < -0.39 is 52.8 Å². The first-order valence-electron chi connectivity index (χ1n) is 16.0. The molecular weight excluding hydrogens is 680 g/mol. The van der Waals surface area contributed by atoms with Crippen molar-refractivity contribution in [3.63, 3.8) is 0 Å². The van der Waals surface area contributed by atoms with E-state index >= 15 is 0 Å². The van der Waals surface area contributed by atoms with E-state index in [0.29, 0.717) is 35.3 Å². The number of carboxylic acids is 1. The van der Waals surface area contributed by atoms with E-state index in [1.807, 2.05) is 0 Å². The predicted octanol–water partition coefficient (Wildman–Crippen LogP) is 1.47. The first-order chi connectivity index (χ1) is 24.4. The van der Waals surface area contributed by atoms with Crippen molar-refractivity contribution in [1.29, 1.82) is 0 Å². The number of fused-ring (bicyclic) bond motifs is 1. The summed E-state index contributed by atoms with van der Waals surface area (Å²) in [4.78, 5) is 93.9. The van der Waals surface area contributed by atoms with E-state index in [4.69, 9.17) is 10.5 Å². The summed E-state index contributed by atoms with van der Waals surface area (Å²) in [6.45, 7) is 0.591. The Balaban J connectivity index is 1.24. The molecule has 51 heavy (non-hydrogen) atoms. The van der Waals surface area contributed by atoms with Crippen molar-refractivity contribution in [2.24, 2.45) is 5.73 Å². The van der Waals surface area contributed by atoms with Crippen LogP contribution in [0.25, 0.3) is 11.3 Å². The van der Waals surface area contributed by atoms with Gasteiger partial charge in [0.05, 0.1) is 6.54 Å². The predicted molar refractivity (Wildman–Crippen MR) is 184 cm³/mol. The number of nitrogens with two attached hydrogens (primary N) is 1. The quantitative estimate of drug-likeness (QED) is 0.141. The van der Waals surface area contributed by atoms with Crippen LogP contribution in [0.15, 0.2) is 82.8 Å². The Bertz CT molecular complexity index is 2000. The van der Waals surface area contributed by atoms with E-state index in [9.17, 15) is 38.7 Å². The van der Waals surface area contributed by atoms with Gasteiger partial charge in [-0.1, -0.05) is 42.5 Å². The summed E-state index contributed by atoms with van der Waals surface area (Å²) in [6.07, 6.45) is 0.715. The number of anilines is 1. The molecule has 4 amide bonds. The molecule has 3 aromatic rings. The van der Waals surface area contributed by atoms with Gasteiger partial charge in [0.15, 0.2) is 0 Å². The largest absolute Gasteiger partial charge is 0.477 e. The summed E-state index contributed by atoms with van der Waals surface area (Å²) in [5.74, 6) is -3.66. The standard InChI is InChI=1S/C35H34N6O9S/c1-18(42)50-16-22-17-51-34-29(33(47)41(34)28(22)35(48)49)40(32(46)27(36)20-5-3-2-4-6-20)15-21-9-12-24(39-30(21)44)19-7-10-23(11-8-19)37-31(45)25-13-14-26(43)38-25/h2-12,25,27,29,34H,13-17,36H2,1H3,(H,37,45)(H,38,43)(H,39,44)(H,48,49)/t25-,27?,29?,34-/m0/s1. The van der Waals surface area contributed by atoms with Gasteiger partial charge in [-0.2, -0.15) is 0 Å². The fourth-order valence-corrected chi connectivity index (χ4v) is 7.56. The maximum atomic E-state index is 14.0. The number of benzene rings is 2. The highest BCUT2D eigenvalue weighted by molar-refractivity contribution is 8.00. The van der Waals surface area contributed by atoms with Crippen LogP contribution < -0.4 is 21.9 Å². The minimum Gasteiger partial charge on any atom is -0.477 e. The molecule has 0 aliphatic carbocycles. The van der Waals surface area contributed by atoms with Gasteiger partial charge in [0.2, 0.25) is 17.7 Å². The molecule has 15 nitrogen and oxygen atoms in total. The van der Waals surface area contributed by atoms with Gasteiger partial charge >= 0.3 is 11.9 Å². The number of carboxylic acid groups (broad SMARTS) is 1. The first-order valence-corrected chi connectivity index (χ1v) is 17.0. The average Bonchev–Trinajstić information content (AvgIpc) is 3.57. The fraction of sp³-hybridized carbons (Fsp3) is 0.286. The number of hydrogen-bond donors (Lipinski definition) is 5. The molecule has 3 aliphatic rings. The number of thioether (sulfide) groups is 1. The second-order valence-electron chi connectivity index (χ2n) is 12.2. The first kappa shape index (κ1) is 35.1. The van der Waals surface area contributed by atoms with Crippen molar-refractivity contribution in [3.05, 3.63) is 99.5 Å². The number of aromatic nitrogens is 1. The molecule has 6 rings (SSSR count). The lowest BCUT2D eigenvalue weighted by Gasteiger charge is -2.53. The summed E-state index contributed by atoms with van der Waals surface area (Å²) in [6, 6.07) is 15.5. The number of carbonyl (C=O) groups excluding carboxylic acids is 5. The van der Waals surface area contributed by atoms with Crippen LogP contribution in [0.5, 0.6) is 0 Å². The van der Waals surface area contributed by atoms with Crippen LogP contribution in [-0.4, -0.2) is 85.3 Å². The fourth-order valence-electron chi connectivity index (χ4n) is 6.17. The molecule has 0 radical (unpaired) electrons. The highest BCUT2D eigenvalue weighted by Gasteiger charge is 2.57. The van der Waals surface area contributed by atoms with Crippen LogP contribution in [0.4, 0.5) is 5.69 Å². The Morgan fingerprint density at radius 2 is 1.78 bits per heavy atom. The summed E-state index contributed by atoms with van der Waals surface area (Å²) in [5.41, 5.74) is 8.05. The Morgan fingerprint density at radius 1 is 1.06 bits per heavy atom. The molecule has 6 N–H and O–H groups in total. The monoisotopic (exact) mass is 714 g/mol. The van der Waals surface area contributed by atoms with E-state index in [-0.39, 0.29) is 47.6 Å². The lowest BCUT2D eigenvalue weighted by atomic mass is 9.98. The smallest absolute Gasteiger partial charge is 0.352 e. The number of nitrogens with zero attached hydrogens (tertiary/aromatic N) is 2. The maximum Gasteiger partial charge on any atom is 0.352 e. The lowest BCUT2D eigenvalue weighted by Crippen LogP contribution is -2.71. The van der Waals surface area contributed by atoms with E-state index in [1.165, 1.54) is 29.7 Å². The second kappa shape index (κ2) is 14.6. The highest BCUT2D eigenvalue weighted by Crippen LogP contribution is 2.43. The minimum absolute atomic E-state index is 0.127. The molecule has 2 aromatic carbocycles. The summed E-state index contributed by atoms with van der Waals surface area (Å²) in [5, 5.41) is 14.6. The third-order valence-electron chi connectivity index (χ3n) is 8.82. The number of rotatable bonds is 11.